The van der Waals surface area contributed by atoms with Gasteiger partial charge in [0.1, 0.15) is 11.4 Å². The van der Waals surface area contributed by atoms with Gasteiger partial charge in [-0.15, -0.1) is 0 Å². The Morgan fingerprint density at radius 2 is 1.81 bits per heavy atom. The Balaban J connectivity index is 1.83. The summed E-state index contributed by atoms with van der Waals surface area (Å²) in [6, 6.07) is 0.0264. The summed E-state index contributed by atoms with van der Waals surface area (Å²) in [7, 11) is 2.09. The fourth-order valence-electron chi connectivity index (χ4n) is 3.94. The van der Waals surface area contributed by atoms with Crippen LogP contribution in [-0.2, 0) is 17.7 Å². The van der Waals surface area contributed by atoms with Crippen LogP contribution < -0.4 is 4.90 Å². The third-order valence-corrected chi connectivity index (χ3v) is 5.20. The van der Waals surface area contributed by atoms with Gasteiger partial charge in [-0.05, 0) is 59.7 Å². The van der Waals surface area contributed by atoms with Crippen molar-refractivity contribution in [3.05, 3.63) is 16.5 Å². The molecular formula is C19H30ClN5O2. The van der Waals surface area contributed by atoms with Crippen LogP contribution >= 0.6 is 11.6 Å². The van der Waals surface area contributed by atoms with Crippen LogP contribution in [-0.4, -0.2) is 70.2 Å². The van der Waals surface area contributed by atoms with Crippen molar-refractivity contribution in [3.8, 4) is 0 Å². The van der Waals surface area contributed by atoms with Gasteiger partial charge in [0, 0.05) is 31.7 Å². The highest BCUT2D eigenvalue weighted by Gasteiger charge is 2.37. The fraction of sp³-hybridized carbons (Fsp3) is 0.737. The Labute approximate surface area is 166 Å². The van der Waals surface area contributed by atoms with Crippen molar-refractivity contribution in [3.63, 3.8) is 0 Å². The van der Waals surface area contributed by atoms with Gasteiger partial charge in [0.2, 0.25) is 5.28 Å². The number of fused-ring (bicyclic) bond motifs is 1. The summed E-state index contributed by atoms with van der Waals surface area (Å²) in [5, 5.41) is 0.286. The van der Waals surface area contributed by atoms with E-state index in [-0.39, 0.29) is 23.5 Å². The van der Waals surface area contributed by atoms with Gasteiger partial charge < -0.3 is 14.5 Å². The summed E-state index contributed by atoms with van der Waals surface area (Å²) in [6.45, 7) is 12.9. The van der Waals surface area contributed by atoms with Crippen LogP contribution in [0.5, 0.6) is 0 Å². The van der Waals surface area contributed by atoms with Crippen LogP contribution in [0.25, 0.3) is 0 Å². The van der Waals surface area contributed by atoms with Gasteiger partial charge in [-0.3, -0.25) is 4.90 Å². The monoisotopic (exact) mass is 395 g/mol. The van der Waals surface area contributed by atoms with Crippen molar-refractivity contribution in [1.29, 1.82) is 0 Å². The summed E-state index contributed by atoms with van der Waals surface area (Å²) >= 11 is 6.22. The third kappa shape index (κ3) is 4.46. The normalized spacial score (nSPS) is 24.0. The molecule has 8 heteroatoms. The summed E-state index contributed by atoms with van der Waals surface area (Å²) in [5.41, 5.74) is 1.69. The van der Waals surface area contributed by atoms with Gasteiger partial charge >= 0.3 is 6.09 Å². The van der Waals surface area contributed by atoms with Crippen LogP contribution in [0.15, 0.2) is 0 Å². The van der Waals surface area contributed by atoms with Crippen LogP contribution in [0.3, 0.4) is 0 Å². The van der Waals surface area contributed by atoms with E-state index in [2.05, 4.69) is 40.7 Å². The van der Waals surface area contributed by atoms with Crippen LogP contribution in [0.2, 0.25) is 5.28 Å². The molecule has 0 bridgehead atoms. The molecule has 1 fully saturated rings. The van der Waals surface area contributed by atoms with Gasteiger partial charge in [-0.1, -0.05) is 0 Å². The molecule has 0 aliphatic carbocycles. The van der Waals surface area contributed by atoms with E-state index in [0.29, 0.717) is 13.1 Å². The first-order valence-electron chi connectivity index (χ1n) is 9.55. The molecule has 0 spiro atoms. The Bertz CT molecular complexity index is 709. The second kappa shape index (κ2) is 7.43. The lowest BCUT2D eigenvalue weighted by atomic mass is 10.0. The standard InChI is InChI=1S/C19H30ClN5O2/c1-12-9-24(10-13(2)25(12)18(26)27-19(3,4)5)16-14-7-8-23(6)11-15(14)21-17(20)22-16/h12-13H,7-11H2,1-6H3/t12-,13+. The van der Waals surface area contributed by atoms with Gasteiger partial charge in [0.05, 0.1) is 17.8 Å². The summed E-state index contributed by atoms with van der Waals surface area (Å²) in [6.07, 6.45) is 0.652. The number of anilines is 1. The predicted molar refractivity (Wildman–Crippen MR) is 106 cm³/mol. The maximum atomic E-state index is 12.6. The van der Waals surface area contributed by atoms with E-state index < -0.39 is 5.60 Å². The average molecular weight is 396 g/mol. The number of amides is 1. The van der Waals surface area contributed by atoms with E-state index in [0.717, 1.165) is 31.0 Å². The minimum absolute atomic E-state index is 0.0132. The molecule has 1 aromatic rings. The first-order chi connectivity index (χ1) is 12.5. The van der Waals surface area contributed by atoms with E-state index in [1.807, 2.05) is 25.7 Å². The summed E-state index contributed by atoms with van der Waals surface area (Å²) in [5.74, 6) is 0.917. The molecular weight excluding hydrogens is 366 g/mol. The number of ether oxygens (including phenoxy) is 1. The minimum Gasteiger partial charge on any atom is -0.444 e. The molecule has 0 radical (unpaired) electrons. The number of likely N-dealkylation sites (N-methyl/N-ethyl adjacent to an activating group) is 1. The second-order valence-corrected chi connectivity index (χ2v) is 9.06. The number of hydrogen-bond donors (Lipinski definition) is 0. The van der Waals surface area contributed by atoms with Crippen LogP contribution in [0.1, 0.15) is 45.9 Å². The number of carbonyl (C=O) groups is 1. The molecule has 150 valence electrons. The molecule has 3 rings (SSSR count). The Morgan fingerprint density at radius 1 is 1.19 bits per heavy atom. The highest BCUT2D eigenvalue weighted by atomic mass is 35.5. The lowest BCUT2D eigenvalue weighted by molar-refractivity contribution is 0.00558. The SMILES string of the molecule is C[C@@H]1CN(c2nc(Cl)nc3c2CCN(C)C3)C[C@H](C)N1C(=O)OC(C)(C)C. The summed E-state index contributed by atoms with van der Waals surface area (Å²) in [4.78, 5) is 28.0. The number of rotatable bonds is 1. The minimum atomic E-state index is -0.501. The molecule has 0 saturated carbocycles. The van der Waals surface area contributed by atoms with E-state index in [4.69, 9.17) is 16.3 Å². The first-order valence-corrected chi connectivity index (χ1v) is 9.93. The van der Waals surface area contributed by atoms with Gasteiger partial charge in [-0.2, -0.15) is 0 Å². The Hall–Kier alpha value is -1.60. The molecule has 7 nitrogen and oxygen atoms in total. The second-order valence-electron chi connectivity index (χ2n) is 8.72. The Morgan fingerprint density at radius 3 is 2.41 bits per heavy atom. The zero-order valence-corrected chi connectivity index (χ0v) is 17.9. The molecule has 3 heterocycles. The average Bonchev–Trinajstić information content (AvgIpc) is 2.51. The van der Waals surface area contributed by atoms with E-state index in [9.17, 15) is 4.79 Å². The van der Waals surface area contributed by atoms with E-state index >= 15 is 0 Å². The van der Waals surface area contributed by atoms with E-state index in [1.165, 1.54) is 5.56 Å². The fourth-order valence-corrected chi connectivity index (χ4v) is 4.13. The maximum absolute atomic E-state index is 12.6. The molecule has 0 N–H and O–H groups in total. The van der Waals surface area contributed by atoms with Crippen molar-refractivity contribution in [2.75, 3.05) is 31.6 Å². The van der Waals surface area contributed by atoms with Gasteiger partial charge in [0.15, 0.2) is 0 Å². The molecule has 2 atom stereocenters. The predicted octanol–water partition coefficient (Wildman–Crippen LogP) is 2.95. The zero-order valence-electron chi connectivity index (χ0n) is 17.1. The third-order valence-electron chi connectivity index (χ3n) is 5.03. The topological polar surface area (TPSA) is 61.8 Å². The number of hydrogen-bond acceptors (Lipinski definition) is 6. The molecule has 2 aliphatic rings. The number of carbonyl (C=O) groups excluding carboxylic acids is 1. The van der Waals surface area contributed by atoms with Crippen molar-refractivity contribution < 1.29 is 9.53 Å². The maximum Gasteiger partial charge on any atom is 0.410 e. The van der Waals surface area contributed by atoms with Crippen LogP contribution in [0.4, 0.5) is 10.6 Å². The van der Waals surface area contributed by atoms with Gasteiger partial charge in [-0.25, -0.2) is 14.8 Å². The number of piperazine rings is 1. The quantitative estimate of drug-likeness (QED) is 0.681. The number of halogens is 1. The lowest BCUT2D eigenvalue weighted by Crippen LogP contribution is -2.60. The highest BCUT2D eigenvalue weighted by Crippen LogP contribution is 2.30. The van der Waals surface area contributed by atoms with Crippen molar-refractivity contribution in [2.24, 2.45) is 0 Å². The highest BCUT2D eigenvalue weighted by molar-refractivity contribution is 6.28. The molecule has 1 aromatic heterocycles. The first kappa shape index (κ1) is 20.1. The summed E-state index contributed by atoms with van der Waals surface area (Å²) < 4.78 is 5.60. The van der Waals surface area contributed by atoms with E-state index in [1.54, 1.807) is 0 Å². The van der Waals surface area contributed by atoms with Crippen LogP contribution in [0, 0.1) is 0 Å². The smallest absolute Gasteiger partial charge is 0.410 e. The molecule has 1 saturated heterocycles. The Kier molecular flexibility index (Phi) is 5.54. The lowest BCUT2D eigenvalue weighted by Gasteiger charge is -2.45. The molecule has 27 heavy (non-hydrogen) atoms. The zero-order chi connectivity index (χ0) is 19.9. The van der Waals surface area contributed by atoms with Crippen molar-refractivity contribution in [1.82, 2.24) is 19.8 Å². The number of aromatic nitrogens is 2. The molecule has 0 unspecified atom stereocenters. The molecule has 1 amide bonds. The largest absolute Gasteiger partial charge is 0.444 e. The molecule has 2 aliphatic heterocycles. The number of nitrogens with zero attached hydrogens (tertiary/aromatic N) is 5. The molecule has 0 aromatic carbocycles. The van der Waals surface area contributed by atoms with Crippen molar-refractivity contribution in [2.45, 2.75) is 65.3 Å². The van der Waals surface area contributed by atoms with Gasteiger partial charge in [0.25, 0.3) is 0 Å². The van der Waals surface area contributed by atoms with Crippen molar-refractivity contribution >= 4 is 23.5 Å².